The smallest absolute Gasteiger partial charge is 0.254 e. The Bertz CT molecular complexity index is 1540. The number of benzene rings is 3. The van der Waals surface area contributed by atoms with Gasteiger partial charge in [0.2, 0.25) is 0 Å². The van der Waals surface area contributed by atoms with Gasteiger partial charge in [-0.2, -0.15) is 0 Å². The quantitative estimate of drug-likeness (QED) is 0.472. The van der Waals surface area contributed by atoms with E-state index in [1.165, 1.54) is 16.8 Å². The zero-order valence-corrected chi connectivity index (χ0v) is 21.8. The first kappa shape index (κ1) is 23.7. The summed E-state index contributed by atoms with van der Waals surface area (Å²) in [7, 11) is 3.89. The van der Waals surface area contributed by atoms with Crippen molar-refractivity contribution in [3.63, 3.8) is 0 Å². The second-order valence-corrected chi connectivity index (χ2v) is 10.3. The van der Waals surface area contributed by atoms with Gasteiger partial charge in [-0.15, -0.1) is 0 Å². The van der Waals surface area contributed by atoms with E-state index in [4.69, 9.17) is 9.73 Å². The zero-order chi connectivity index (χ0) is 25.7. The molecule has 0 unspecified atom stereocenters. The molecule has 0 saturated carbocycles. The maximum Gasteiger partial charge on any atom is 0.254 e. The van der Waals surface area contributed by atoms with Crippen LogP contribution in [0.3, 0.4) is 0 Å². The van der Waals surface area contributed by atoms with Gasteiger partial charge in [0.05, 0.1) is 12.0 Å². The van der Waals surface area contributed by atoms with Crippen LogP contribution in [0.15, 0.2) is 47.5 Å². The number of amides is 1. The number of hydrogen-bond donors (Lipinski definition) is 1. The summed E-state index contributed by atoms with van der Waals surface area (Å²) in [6, 6.07) is 14.4. The molecule has 3 heterocycles. The number of likely N-dealkylation sites (N-methyl/N-ethyl adjacent to an activating group) is 1. The van der Waals surface area contributed by atoms with Crippen LogP contribution >= 0.6 is 0 Å². The molecule has 0 atom stereocenters. The van der Waals surface area contributed by atoms with Crippen LogP contribution in [0.1, 0.15) is 51.0 Å². The van der Waals surface area contributed by atoms with Crippen LogP contribution in [0.25, 0.3) is 5.57 Å². The van der Waals surface area contributed by atoms with Gasteiger partial charge >= 0.3 is 0 Å². The van der Waals surface area contributed by atoms with Gasteiger partial charge in [-0.1, -0.05) is 18.2 Å². The molecule has 6 rings (SSSR count). The van der Waals surface area contributed by atoms with Crippen molar-refractivity contribution in [3.8, 4) is 11.5 Å². The Kier molecular flexibility index (Phi) is 6.00. The Morgan fingerprint density at radius 2 is 1.92 bits per heavy atom. The second-order valence-electron chi connectivity index (χ2n) is 10.3. The lowest BCUT2D eigenvalue weighted by Crippen LogP contribution is -2.31. The van der Waals surface area contributed by atoms with E-state index < -0.39 is 0 Å². The molecule has 3 aliphatic heterocycles. The third-order valence-electron chi connectivity index (χ3n) is 7.91. The molecule has 0 aromatic heterocycles. The molecule has 6 heteroatoms. The summed E-state index contributed by atoms with van der Waals surface area (Å²) in [6.07, 6.45) is 4.17. The van der Waals surface area contributed by atoms with E-state index >= 15 is 0 Å². The number of rotatable bonds is 4. The topological polar surface area (TPSA) is 65.4 Å². The summed E-state index contributed by atoms with van der Waals surface area (Å²) in [5, 5.41) is 11.5. The van der Waals surface area contributed by atoms with E-state index in [-0.39, 0.29) is 19.1 Å². The number of aryl methyl sites for hydroxylation is 2. The second kappa shape index (κ2) is 9.34. The van der Waals surface area contributed by atoms with Crippen molar-refractivity contribution in [2.45, 2.75) is 32.6 Å². The zero-order valence-electron chi connectivity index (χ0n) is 21.8. The lowest BCUT2D eigenvalue weighted by atomic mass is 9.84. The standard InChI is InChI=1S/C31H33N3O3/c1-19-29-21(9-7-13-33(29)2)17-25-28(22-10-4-5-11-23(22)31(36)34(3)14-15-35)24-16-20-8-6-12-32-26(20)18-27(24)37-30(19)25/h4-5,10-11,16-18,35H,6-9,12-15H2,1-3H3. The highest BCUT2D eigenvalue weighted by Crippen LogP contribution is 2.45. The molecule has 3 aliphatic rings. The molecule has 3 aromatic rings. The van der Waals surface area contributed by atoms with E-state index in [0.717, 1.165) is 83.1 Å². The average Bonchev–Trinajstić information content (AvgIpc) is 2.91. The maximum absolute atomic E-state index is 13.5. The van der Waals surface area contributed by atoms with Gasteiger partial charge < -0.3 is 19.6 Å². The Balaban J connectivity index is 1.69. The predicted molar refractivity (Wildman–Crippen MR) is 145 cm³/mol. The molecule has 190 valence electrons. The van der Waals surface area contributed by atoms with Gasteiger partial charge in [0.25, 0.3) is 5.91 Å². The van der Waals surface area contributed by atoms with Crippen molar-refractivity contribution in [3.05, 3.63) is 86.4 Å². The lowest BCUT2D eigenvalue weighted by Gasteiger charge is -2.33. The van der Waals surface area contributed by atoms with Crippen LogP contribution in [0.5, 0.6) is 11.5 Å². The van der Waals surface area contributed by atoms with Crippen molar-refractivity contribution in [1.29, 1.82) is 0 Å². The highest BCUT2D eigenvalue weighted by molar-refractivity contribution is 6.02. The number of carbonyl (C=O) groups is 1. The molecule has 3 aromatic carbocycles. The first-order chi connectivity index (χ1) is 18.0. The molecule has 0 fully saturated rings. The number of fused-ring (bicyclic) bond motifs is 4. The number of nitrogens with zero attached hydrogens (tertiary/aromatic N) is 3. The first-order valence-electron chi connectivity index (χ1n) is 13.2. The van der Waals surface area contributed by atoms with Crippen molar-refractivity contribution >= 4 is 17.2 Å². The van der Waals surface area contributed by atoms with Crippen molar-refractivity contribution in [1.82, 2.24) is 4.90 Å². The molecule has 0 bridgehead atoms. The minimum Gasteiger partial charge on any atom is -0.456 e. The molecule has 0 saturated heterocycles. The minimum atomic E-state index is -0.103. The molecule has 0 radical (unpaired) electrons. The van der Waals surface area contributed by atoms with Crippen LogP contribution in [0.4, 0.5) is 5.69 Å². The fourth-order valence-electron chi connectivity index (χ4n) is 6.12. The van der Waals surface area contributed by atoms with Gasteiger partial charge in [0.15, 0.2) is 0 Å². The van der Waals surface area contributed by atoms with E-state index in [2.05, 4.69) is 37.1 Å². The van der Waals surface area contributed by atoms with E-state index in [1.807, 2.05) is 24.3 Å². The number of hydrogen-bond acceptors (Lipinski definition) is 5. The third-order valence-corrected chi connectivity index (χ3v) is 7.91. The Labute approximate surface area is 217 Å². The number of aliphatic hydroxyl groups is 1. The molecule has 1 amide bonds. The molecule has 0 spiro atoms. The number of aliphatic hydroxyl groups excluding tert-OH is 1. The SMILES string of the molecule is Cc1c2c(cc3c1N(C)CCC3)C(c1ccccc1C(=O)N(C)CCO)=c1cc3c(cc1O2)=NCCC3. The summed E-state index contributed by atoms with van der Waals surface area (Å²) < 4.78 is 6.69. The fraction of sp³-hybridized carbons (Fsp3) is 0.355. The molecule has 1 N–H and O–H groups in total. The largest absolute Gasteiger partial charge is 0.456 e. The Morgan fingerprint density at radius 3 is 2.76 bits per heavy atom. The van der Waals surface area contributed by atoms with Gasteiger partial charge in [-0.3, -0.25) is 9.79 Å². The van der Waals surface area contributed by atoms with Gasteiger partial charge in [0, 0.05) is 73.0 Å². The Hall–Kier alpha value is -3.64. The average molecular weight is 496 g/mol. The van der Waals surface area contributed by atoms with E-state index in [0.29, 0.717) is 5.56 Å². The van der Waals surface area contributed by atoms with Crippen LogP contribution in [0.2, 0.25) is 0 Å². The highest BCUT2D eigenvalue weighted by Gasteiger charge is 2.30. The summed E-state index contributed by atoms with van der Waals surface area (Å²) in [4.78, 5) is 22.2. The Morgan fingerprint density at radius 1 is 1.11 bits per heavy atom. The molecular weight excluding hydrogens is 462 g/mol. The normalized spacial score (nSPS) is 15.6. The van der Waals surface area contributed by atoms with Gasteiger partial charge in [0.1, 0.15) is 11.5 Å². The summed E-state index contributed by atoms with van der Waals surface area (Å²) in [6.45, 7) is 4.23. The van der Waals surface area contributed by atoms with Gasteiger partial charge in [-0.05, 0) is 67.5 Å². The molecule has 37 heavy (non-hydrogen) atoms. The monoisotopic (exact) mass is 495 g/mol. The summed E-state index contributed by atoms with van der Waals surface area (Å²) in [5.74, 6) is 1.55. The van der Waals surface area contributed by atoms with Crippen molar-refractivity contribution < 1.29 is 14.6 Å². The van der Waals surface area contributed by atoms with Crippen LogP contribution in [-0.2, 0) is 12.8 Å². The fourth-order valence-corrected chi connectivity index (χ4v) is 6.12. The lowest BCUT2D eigenvalue weighted by molar-refractivity contribution is 0.0766. The minimum absolute atomic E-state index is 0.0744. The van der Waals surface area contributed by atoms with Crippen molar-refractivity contribution in [2.75, 3.05) is 45.2 Å². The molecule has 0 aliphatic carbocycles. The van der Waals surface area contributed by atoms with Crippen LogP contribution in [0, 0.1) is 6.92 Å². The number of carbonyl (C=O) groups excluding carboxylic acids is 1. The van der Waals surface area contributed by atoms with Crippen molar-refractivity contribution in [2.24, 2.45) is 4.99 Å². The van der Waals surface area contributed by atoms with Crippen LogP contribution in [-0.4, -0.2) is 56.3 Å². The predicted octanol–water partition coefficient (Wildman–Crippen LogP) is 3.36. The summed E-state index contributed by atoms with van der Waals surface area (Å²) >= 11 is 0. The number of ether oxygens (including phenoxy) is 1. The number of anilines is 1. The molecular formula is C31H33N3O3. The van der Waals surface area contributed by atoms with E-state index in [9.17, 15) is 9.90 Å². The third kappa shape index (κ3) is 3.91. The maximum atomic E-state index is 13.5. The van der Waals surface area contributed by atoms with Gasteiger partial charge in [-0.25, -0.2) is 0 Å². The molecule has 6 nitrogen and oxygen atoms in total. The highest BCUT2D eigenvalue weighted by atomic mass is 16.5. The summed E-state index contributed by atoms with van der Waals surface area (Å²) in [5.41, 5.74) is 8.52. The van der Waals surface area contributed by atoms with Crippen LogP contribution < -0.4 is 20.2 Å². The van der Waals surface area contributed by atoms with E-state index in [1.54, 1.807) is 11.9 Å². The first-order valence-corrected chi connectivity index (χ1v) is 13.2.